The average molecular weight is 308 g/mol. The van der Waals surface area contributed by atoms with Gasteiger partial charge in [-0.05, 0) is 24.6 Å². The first-order valence-electron chi connectivity index (χ1n) is 6.32. The summed E-state index contributed by atoms with van der Waals surface area (Å²) in [5.74, 6) is 0.974. The van der Waals surface area contributed by atoms with Crippen LogP contribution in [0.4, 0.5) is 0 Å². The molecule has 21 heavy (non-hydrogen) atoms. The van der Waals surface area contributed by atoms with Crippen LogP contribution in [0.25, 0.3) is 0 Å². The number of nitrogens with zero attached hydrogens (tertiary/aromatic N) is 2. The summed E-state index contributed by atoms with van der Waals surface area (Å²) in [6.07, 6.45) is 0.532. The number of methoxy groups -OCH3 is 2. The van der Waals surface area contributed by atoms with Gasteiger partial charge in [0.15, 0.2) is 0 Å². The molecule has 1 aromatic heterocycles. The second-order valence-electron chi connectivity index (χ2n) is 4.27. The average Bonchev–Trinajstić information content (AvgIpc) is 2.94. The van der Waals surface area contributed by atoms with Gasteiger partial charge in [-0.3, -0.25) is 4.79 Å². The summed E-state index contributed by atoms with van der Waals surface area (Å²) in [6, 6.07) is 7.63. The molecule has 0 radical (unpaired) electrons. The van der Waals surface area contributed by atoms with Crippen LogP contribution >= 0.6 is 11.8 Å². The fourth-order valence-electron chi connectivity index (χ4n) is 1.64. The highest BCUT2D eigenvalue weighted by atomic mass is 32.2. The molecule has 1 aromatic carbocycles. The molecule has 6 nitrogen and oxygen atoms in total. The van der Waals surface area contributed by atoms with Gasteiger partial charge in [-0.2, -0.15) is 0 Å². The lowest BCUT2D eigenvalue weighted by molar-refractivity contribution is -0.139. The lowest BCUT2D eigenvalue weighted by Crippen LogP contribution is -2.14. The molecule has 0 spiro atoms. The van der Waals surface area contributed by atoms with Crippen LogP contribution in [0.3, 0.4) is 0 Å². The topological polar surface area (TPSA) is 74.5 Å². The van der Waals surface area contributed by atoms with E-state index in [2.05, 4.69) is 14.9 Å². The van der Waals surface area contributed by atoms with Crippen LogP contribution in [-0.4, -0.2) is 35.6 Å². The zero-order valence-corrected chi connectivity index (χ0v) is 12.8. The summed E-state index contributed by atoms with van der Waals surface area (Å²) in [6.45, 7) is 1.73. The SMILES string of the molecule is COC(=O)[C@@H](C)Sc1nnc(Cc2ccc(OC)cc2)o1. The standard InChI is InChI=1S/C14H16N2O4S/c1-9(13(17)19-3)21-14-16-15-12(20-14)8-10-4-6-11(18-2)7-5-10/h4-7,9H,8H2,1-3H3/t9-/m1/s1. The second kappa shape index (κ2) is 7.12. The van der Waals surface area contributed by atoms with E-state index in [-0.39, 0.29) is 11.2 Å². The number of ether oxygens (including phenoxy) is 2. The van der Waals surface area contributed by atoms with Crippen molar-refractivity contribution in [1.82, 2.24) is 10.2 Å². The first-order valence-corrected chi connectivity index (χ1v) is 7.20. The lowest BCUT2D eigenvalue weighted by Gasteiger charge is -2.04. The van der Waals surface area contributed by atoms with E-state index < -0.39 is 0 Å². The van der Waals surface area contributed by atoms with E-state index in [1.54, 1.807) is 14.0 Å². The Kier molecular flexibility index (Phi) is 5.21. The van der Waals surface area contributed by atoms with Crippen molar-refractivity contribution in [2.75, 3.05) is 14.2 Å². The maximum absolute atomic E-state index is 11.3. The molecule has 0 aliphatic heterocycles. The molecule has 0 fully saturated rings. The highest BCUT2D eigenvalue weighted by molar-refractivity contribution is 8.00. The van der Waals surface area contributed by atoms with E-state index in [9.17, 15) is 4.79 Å². The number of carbonyl (C=O) groups is 1. The quantitative estimate of drug-likeness (QED) is 0.599. The Morgan fingerprint density at radius 2 is 2.00 bits per heavy atom. The summed E-state index contributed by atoms with van der Waals surface area (Å²) in [5.41, 5.74) is 1.04. The number of benzene rings is 1. The molecule has 0 unspecified atom stereocenters. The van der Waals surface area contributed by atoms with Crippen LogP contribution in [0.15, 0.2) is 33.9 Å². The van der Waals surface area contributed by atoms with Gasteiger partial charge in [0, 0.05) is 0 Å². The minimum absolute atomic E-state index is 0.324. The van der Waals surface area contributed by atoms with Crippen molar-refractivity contribution in [2.45, 2.75) is 23.8 Å². The van der Waals surface area contributed by atoms with Crippen molar-refractivity contribution in [3.05, 3.63) is 35.7 Å². The van der Waals surface area contributed by atoms with Gasteiger partial charge in [-0.25, -0.2) is 0 Å². The van der Waals surface area contributed by atoms with Gasteiger partial charge in [0.05, 0.1) is 20.6 Å². The monoisotopic (exact) mass is 308 g/mol. The number of rotatable bonds is 6. The third kappa shape index (κ3) is 4.22. The van der Waals surface area contributed by atoms with Crippen LogP contribution in [-0.2, 0) is 16.0 Å². The van der Waals surface area contributed by atoms with Gasteiger partial charge in [0.25, 0.3) is 5.22 Å². The van der Waals surface area contributed by atoms with E-state index in [4.69, 9.17) is 9.15 Å². The summed E-state index contributed by atoms with van der Waals surface area (Å²) < 4.78 is 15.3. The largest absolute Gasteiger partial charge is 0.497 e. The molecule has 1 atom stereocenters. The predicted octanol–water partition coefficient (Wildman–Crippen LogP) is 2.32. The van der Waals surface area contributed by atoms with Crippen LogP contribution in [0.1, 0.15) is 18.4 Å². The van der Waals surface area contributed by atoms with Gasteiger partial charge in [0.1, 0.15) is 11.0 Å². The number of aromatic nitrogens is 2. The fraction of sp³-hybridized carbons (Fsp3) is 0.357. The van der Waals surface area contributed by atoms with E-state index in [0.29, 0.717) is 17.5 Å². The normalized spacial score (nSPS) is 12.0. The van der Waals surface area contributed by atoms with Crippen LogP contribution in [0.2, 0.25) is 0 Å². The van der Waals surface area contributed by atoms with Crippen LogP contribution < -0.4 is 4.74 Å². The maximum atomic E-state index is 11.3. The predicted molar refractivity (Wildman–Crippen MR) is 77.4 cm³/mol. The molecule has 0 bridgehead atoms. The fourth-order valence-corrected chi connectivity index (χ4v) is 2.37. The molecule has 7 heteroatoms. The van der Waals surface area contributed by atoms with Crippen LogP contribution in [0.5, 0.6) is 5.75 Å². The number of esters is 1. The summed E-state index contributed by atoms with van der Waals surface area (Å²) in [4.78, 5) is 11.3. The Labute approximate surface area is 126 Å². The van der Waals surface area contributed by atoms with E-state index in [0.717, 1.165) is 11.3 Å². The van der Waals surface area contributed by atoms with Crippen molar-refractivity contribution in [2.24, 2.45) is 0 Å². The lowest BCUT2D eigenvalue weighted by atomic mass is 10.1. The Morgan fingerprint density at radius 3 is 2.62 bits per heavy atom. The molecule has 0 aliphatic carbocycles. The Bertz CT molecular complexity index is 597. The van der Waals surface area contributed by atoms with Gasteiger partial charge in [0.2, 0.25) is 5.89 Å². The van der Waals surface area contributed by atoms with Gasteiger partial charge in [-0.1, -0.05) is 23.9 Å². The van der Waals surface area contributed by atoms with Crippen molar-refractivity contribution < 1.29 is 18.7 Å². The Morgan fingerprint density at radius 1 is 1.29 bits per heavy atom. The van der Waals surface area contributed by atoms with E-state index >= 15 is 0 Å². The summed E-state index contributed by atoms with van der Waals surface area (Å²) >= 11 is 1.18. The first kappa shape index (κ1) is 15.4. The summed E-state index contributed by atoms with van der Waals surface area (Å²) in [7, 11) is 2.97. The molecule has 2 aromatic rings. The highest BCUT2D eigenvalue weighted by Gasteiger charge is 2.18. The van der Waals surface area contributed by atoms with E-state index in [1.807, 2.05) is 24.3 Å². The molecule has 2 rings (SSSR count). The molecule has 112 valence electrons. The Hall–Kier alpha value is -2.02. The number of thioether (sulfide) groups is 1. The second-order valence-corrected chi connectivity index (χ2v) is 5.56. The van der Waals surface area contributed by atoms with Crippen molar-refractivity contribution in [1.29, 1.82) is 0 Å². The zero-order chi connectivity index (χ0) is 15.2. The van der Waals surface area contributed by atoms with Crippen molar-refractivity contribution >= 4 is 17.7 Å². The number of carbonyl (C=O) groups excluding carboxylic acids is 1. The van der Waals surface area contributed by atoms with Gasteiger partial charge in [-0.15, -0.1) is 10.2 Å². The van der Waals surface area contributed by atoms with Crippen molar-refractivity contribution in [3.63, 3.8) is 0 Å². The van der Waals surface area contributed by atoms with Crippen molar-refractivity contribution in [3.8, 4) is 5.75 Å². The maximum Gasteiger partial charge on any atom is 0.319 e. The smallest absolute Gasteiger partial charge is 0.319 e. The molecule has 0 N–H and O–H groups in total. The van der Waals surface area contributed by atoms with Gasteiger partial charge >= 0.3 is 5.97 Å². The molecular formula is C14H16N2O4S. The molecule has 0 saturated carbocycles. The van der Waals surface area contributed by atoms with E-state index in [1.165, 1.54) is 18.9 Å². The number of hydrogen-bond acceptors (Lipinski definition) is 7. The van der Waals surface area contributed by atoms with Gasteiger partial charge < -0.3 is 13.9 Å². The highest BCUT2D eigenvalue weighted by Crippen LogP contribution is 2.23. The summed E-state index contributed by atoms with van der Waals surface area (Å²) in [5, 5.41) is 7.86. The minimum Gasteiger partial charge on any atom is -0.497 e. The third-order valence-corrected chi connectivity index (χ3v) is 3.69. The molecule has 0 aliphatic rings. The molecular weight excluding hydrogens is 292 g/mol. The minimum atomic E-state index is -0.385. The number of hydrogen-bond donors (Lipinski definition) is 0. The zero-order valence-electron chi connectivity index (χ0n) is 12.0. The van der Waals surface area contributed by atoms with Crippen LogP contribution in [0, 0.1) is 0 Å². The molecule has 0 saturated heterocycles. The Balaban J connectivity index is 1.97. The first-order chi connectivity index (χ1) is 10.1. The molecule has 0 amide bonds. The molecule has 1 heterocycles. The third-order valence-electron chi connectivity index (χ3n) is 2.77.